The molecule has 0 aromatic carbocycles. The summed E-state index contributed by atoms with van der Waals surface area (Å²) in [5.74, 6) is -0.994. The highest BCUT2D eigenvalue weighted by Crippen LogP contribution is 2.24. The maximum atomic E-state index is 12.1. The Balaban J connectivity index is 2.19. The van der Waals surface area contributed by atoms with E-state index < -0.39 is 16.0 Å². The summed E-state index contributed by atoms with van der Waals surface area (Å²) in [6.07, 6.45) is 1.24. The zero-order valence-corrected chi connectivity index (χ0v) is 12.2. The van der Waals surface area contributed by atoms with Gasteiger partial charge in [0.1, 0.15) is 4.21 Å². The van der Waals surface area contributed by atoms with Crippen LogP contribution in [-0.4, -0.2) is 24.5 Å². The van der Waals surface area contributed by atoms with Crippen LogP contribution in [0.25, 0.3) is 0 Å². The van der Waals surface area contributed by atoms with Gasteiger partial charge in [0.05, 0.1) is 18.3 Å². The summed E-state index contributed by atoms with van der Waals surface area (Å²) in [7, 11) is -3.71. The van der Waals surface area contributed by atoms with Crippen molar-refractivity contribution in [3.8, 4) is 0 Å². The number of carboxylic acid groups (broad SMARTS) is 1. The Bertz CT molecular complexity index is 720. The maximum Gasteiger partial charge on any atom is 0.308 e. The number of pyridine rings is 1. The lowest BCUT2D eigenvalue weighted by molar-refractivity contribution is -0.136. The van der Waals surface area contributed by atoms with Gasteiger partial charge in [0.2, 0.25) is 0 Å². The van der Waals surface area contributed by atoms with E-state index in [-0.39, 0.29) is 10.6 Å². The second-order valence-corrected chi connectivity index (χ2v) is 7.16. The molecular weight excluding hydrogens is 300 g/mol. The van der Waals surface area contributed by atoms with Crippen LogP contribution in [0.3, 0.4) is 0 Å². The number of sulfonamides is 1. The molecule has 0 atom stereocenters. The van der Waals surface area contributed by atoms with Crippen molar-refractivity contribution in [2.24, 2.45) is 0 Å². The van der Waals surface area contributed by atoms with Crippen molar-refractivity contribution in [2.75, 3.05) is 4.72 Å². The van der Waals surface area contributed by atoms with Gasteiger partial charge in [-0.1, -0.05) is 0 Å². The lowest BCUT2D eigenvalue weighted by Gasteiger charge is -2.05. The summed E-state index contributed by atoms with van der Waals surface area (Å²) < 4.78 is 26.7. The van der Waals surface area contributed by atoms with Crippen molar-refractivity contribution in [2.45, 2.75) is 17.6 Å². The topological polar surface area (TPSA) is 96.4 Å². The van der Waals surface area contributed by atoms with Crippen LogP contribution in [0.4, 0.5) is 5.69 Å². The first-order chi connectivity index (χ1) is 9.37. The van der Waals surface area contributed by atoms with Crippen molar-refractivity contribution < 1.29 is 18.3 Å². The van der Waals surface area contributed by atoms with Crippen molar-refractivity contribution >= 4 is 33.0 Å². The Morgan fingerprint density at radius 2 is 2.10 bits per heavy atom. The van der Waals surface area contributed by atoms with Crippen LogP contribution in [0.2, 0.25) is 0 Å². The molecule has 0 saturated heterocycles. The van der Waals surface area contributed by atoms with Gasteiger partial charge in [-0.3, -0.25) is 14.5 Å². The lowest BCUT2D eigenvalue weighted by Crippen LogP contribution is -2.11. The van der Waals surface area contributed by atoms with E-state index in [0.29, 0.717) is 10.6 Å². The number of thiophene rings is 1. The molecule has 0 fully saturated rings. The third-order valence-corrected chi connectivity index (χ3v) is 5.35. The van der Waals surface area contributed by atoms with E-state index >= 15 is 0 Å². The number of aryl methyl sites for hydroxylation is 1. The number of nitrogens with zero attached hydrogens (tertiary/aromatic N) is 1. The SMILES string of the molecule is Cc1ccc(NS(=O)(=O)c2ccc(CC(=O)O)s2)cn1. The minimum Gasteiger partial charge on any atom is -0.481 e. The Kier molecular flexibility index (Phi) is 4.05. The van der Waals surface area contributed by atoms with E-state index in [1.165, 1.54) is 18.3 Å². The molecule has 2 aromatic rings. The Morgan fingerprint density at radius 1 is 1.35 bits per heavy atom. The molecule has 0 spiro atoms. The molecule has 0 radical (unpaired) electrons. The average molecular weight is 312 g/mol. The molecule has 0 amide bonds. The smallest absolute Gasteiger partial charge is 0.308 e. The monoisotopic (exact) mass is 312 g/mol. The quantitative estimate of drug-likeness (QED) is 0.878. The number of hydrogen-bond donors (Lipinski definition) is 2. The number of aromatic nitrogens is 1. The van der Waals surface area contributed by atoms with Gasteiger partial charge in [-0.05, 0) is 31.2 Å². The minimum absolute atomic E-state index is 0.0781. The predicted octanol–water partition coefficient (Wildman–Crippen LogP) is 1.88. The van der Waals surface area contributed by atoms with Crippen molar-refractivity contribution in [3.63, 3.8) is 0 Å². The van der Waals surface area contributed by atoms with Crippen molar-refractivity contribution in [1.29, 1.82) is 0 Å². The van der Waals surface area contributed by atoms with E-state index in [0.717, 1.165) is 17.0 Å². The van der Waals surface area contributed by atoms with E-state index in [4.69, 9.17) is 5.11 Å². The molecule has 2 rings (SSSR count). The highest BCUT2D eigenvalue weighted by Gasteiger charge is 2.17. The lowest BCUT2D eigenvalue weighted by atomic mass is 10.3. The average Bonchev–Trinajstić information content (AvgIpc) is 2.80. The summed E-state index contributed by atoms with van der Waals surface area (Å²) in [5, 5.41) is 8.67. The maximum absolute atomic E-state index is 12.1. The summed E-state index contributed by atoms with van der Waals surface area (Å²) in [4.78, 5) is 15.1. The first-order valence-corrected chi connectivity index (χ1v) is 7.93. The standard InChI is InChI=1S/C12H12N2O4S2/c1-8-2-3-9(7-13-8)14-20(17,18)12-5-4-10(19-12)6-11(15)16/h2-5,7,14H,6H2,1H3,(H,15,16). The second kappa shape index (κ2) is 5.59. The number of anilines is 1. The molecule has 106 valence electrons. The first kappa shape index (κ1) is 14.5. The molecular formula is C12H12N2O4S2. The van der Waals surface area contributed by atoms with E-state index in [1.54, 1.807) is 19.1 Å². The number of aliphatic carboxylic acids is 1. The van der Waals surface area contributed by atoms with Crippen molar-refractivity contribution in [1.82, 2.24) is 4.98 Å². The summed E-state index contributed by atoms with van der Waals surface area (Å²) in [6.45, 7) is 1.80. The summed E-state index contributed by atoms with van der Waals surface area (Å²) in [5.41, 5.74) is 1.15. The van der Waals surface area contributed by atoms with Gasteiger partial charge in [-0.25, -0.2) is 8.42 Å². The Hall–Kier alpha value is -1.93. The predicted molar refractivity (Wildman–Crippen MR) is 75.4 cm³/mol. The van der Waals surface area contributed by atoms with Gasteiger partial charge >= 0.3 is 5.97 Å². The second-order valence-electron chi connectivity index (χ2n) is 4.09. The van der Waals surface area contributed by atoms with Gasteiger partial charge in [0.25, 0.3) is 10.0 Å². The summed E-state index contributed by atoms with van der Waals surface area (Å²) >= 11 is 0.939. The molecule has 6 nitrogen and oxygen atoms in total. The third kappa shape index (κ3) is 3.55. The fourth-order valence-corrected chi connectivity index (χ4v) is 3.87. The van der Waals surface area contributed by atoms with Crippen LogP contribution in [0, 0.1) is 6.92 Å². The summed E-state index contributed by atoms with van der Waals surface area (Å²) in [6, 6.07) is 6.21. The highest BCUT2D eigenvalue weighted by atomic mass is 32.2. The Labute approximate surface area is 120 Å². The molecule has 20 heavy (non-hydrogen) atoms. The highest BCUT2D eigenvalue weighted by molar-refractivity contribution is 7.94. The van der Waals surface area contributed by atoms with Gasteiger partial charge in [0, 0.05) is 10.6 Å². The molecule has 0 unspecified atom stereocenters. The third-order valence-electron chi connectivity index (χ3n) is 2.39. The van der Waals surface area contributed by atoms with Crippen molar-refractivity contribution in [3.05, 3.63) is 41.0 Å². The van der Waals surface area contributed by atoms with Gasteiger partial charge in [-0.2, -0.15) is 0 Å². The van der Waals surface area contributed by atoms with Gasteiger partial charge < -0.3 is 5.11 Å². The zero-order valence-electron chi connectivity index (χ0n) is 10.5. The fourth-order valence-electron chi connectivity index (χ4n) is 1.48. The molecule has 2 aromatic heterocycles. The number of nitrogens with one attached hydrogen (secondary N) is 1. The molecule has 0 saturated carbocycles. The molecule has 8 heteroatoms. The Morgan fingerprint density at radius 3 is 2.70 bits per heavy atom. The number of hydrogen-bond acceptors (Lipinski definition) is 5. The van der Waals surface area contributed by atoms with Crippen LogP contribution < -0.4 is 4.72 Å². The van der Waals surface area contributed by atoms with E-state index in [9.17, 15) is 13.2 Å². The largest absolute Gasteiger partial charge is 0.481 e. The minimum atomic E-state index is -3.71. The van der Waals surface area contributed by atoms with Gasteiger partial charge in [-0.15, -0.1) is 11.3 Å². The van der Waals surface area contributed by atoms with Crippen LogP contribution in [-0.2, 0) is 21.2 Å². The van der Waals surface area contributed by atoms with E-state index in [2.05, 4.69) is 9.71 Å². The van der Waals surface area contributed by atoms with Crippen LogP contribution >= 0.6 is 11.3 Å². The number of rotatable bonds is 5. The molecule has 0 aliphatic rings. The van der Waals surface area contributed by atoms with Gasteiger partial charge in [0.15, 0.2) is 0 Å². The molecule has 0 aliphatic carbocycles. The number of carbonyl (C=O) groups is 1. The van der Waals surface area contributed by atoms with Crippen LogP contribution in [0.15, 0.2) is 34.7 Å². The van der Waals surface area contributed by atoms with Crippen LogP contribution in [0.5, 0.6) is 0 Å². The van der Waals surface area contributed by atoms with Crippen LogP contribution in [0.1, 0.15) is 10.6 Å². The molecule has 0 bridgehead atoms. The van der Waals surface area contributed by atoms with E-state index in [1.807, 2.05) is 0 Å². The number of carboxylic acids is 1. The molecule has 2 N–H and O–H groups in total. The molecule has 2 heterocycles. The zero-order chi connectivity index (χ0) is 14.8. The molecule has 0 aliphatic heterocycles. The normalized spacial score (nSPS) is 11.2. The fraction of sp³-hybridized carbons (Fsp3) is 0.167. The first-order valence-electron chi connectivity index (χ1n) is 5.63.